The minimum absolute atomic E-state index is 0.217. The number of ether oxygens (including phenoxy) is 2. The summed E-state index contributed by atoms with van der Waals surface area (Å²) in [4.78, 5) is 45.9. The van der Waals surface area contributed by atoms with Gasteiger partial charge in [-0.3, -0.25) is 9.59 Å². The second kappa shape index (κ2) is 9.53. The van der Waals surface area contributed by atoms with Crippen LogP contribution in [-0.4, -0.2) is 79.0 Å². The fourth-order valence-corrected chi connectivity index (χ4v) is 1.27. The SMILES string of the molecule is COC(=O)CN(CC(=O)OC)C(=O)N[C@@H](CCO)C(=O)O. The zero-order valence-corrected chi connectivity index (χ0v) is 11.7. The Kier molecular flexibility index (Phi) is 8.46. The number of carbonyl (C=O) groups excluding carboxylic acids is 3. The van der Waals surface area contributed by atoms with Crippen molar-refractivity contribution in [1.82, 2.24) is 10.2 Å². The molecule has 10 nitrogen and oxygen atoms in total. The number of methoxy groups -OCH3 is 2. The van der Waals surface area contributed by atoms with Crippen molar-refractivity contribution in [3.63, 3.8) is 0 Å². The van der Waals surface area contributed by atoms with Crippen molar-refractivity contribution in [3.8, 4) is 0 Å². The Bertz CT molecular complexity index is 380. The second-order valence-corrected chi connectivity index (χ2v) is 3.86. The number of carboxylic acids is 1. The molecule has 0 rings (SSSR count). The quantitative estimate of drug-likeness (QED) is 0.445. The highest BCUT2D eigenvalue weighted by Gasteiger charge is 2.26. The van der Waals surface area contributed by atoms with E-state index in [0.29, 0.717) is 0 Å². The molecule has 0 saturated heterocycles. The standard InChI is InChI=1S/C11H18N2O8/c1-20-8(15)5-13(6-9(16)21-2)11(19)12-7(3-4-14)10(17)18/h7,14H,3-6H2,1-2H3,(H,12,19)(H,17,18)/t7-/m0/s1. The van der Waals surface area contributed by atoms with E-state index >= 15 is 0 Å². The minimum Gasteiger partial charge on any atom is -0.480 e. The minimum atomic E-state index is -1.35. The molecule has 0 aliphatic carbocycles. The smallest absolute Gasteiger partial charge is 0.326 e. The van der Waals surface area contributed by atoms with Gasteiger partial charge in [0.2, 0.25) is 0 Å². The summed E-state index contributed by atoms with van der Waals surface area (Å²) in [6, 6.07) is -2.31. The lowest BCUT2D eigenvalue weighted by molar-refractivity contribution is -0.144. The first-order chi connectivity index (χ1) is 9.85. The van der Waals surface area contributed by atoms with Crippen LogP contribution >= 0.6 is 0 Å². The van der Waals surface area contributed by atoms with Crippen LogP contribution in [0.2, 0.25) is 0 Å². The van der Waals surface area contributed by atoms with Gasteiger partial charge in [0.1, 0.15) is 19.1 Å². The number of aliphatic carboxylic acids is 1. The molecule has 0 aromatic rings. The van der Waals surface area contributed by atoms with Crippen LogP contribution < -0.4 is 5.32 Å². The lowest BCUT2D eigenvalue weighted by Gasteiger charge is -2.23. The summed E-state index contributed by atoms with van der Waals surface area (Å²) >= 11 is 0. The van der Waals surface area contributed by atoms with Crippen LogP contribution in [0.4, 0.5) is 4.79 Å². The summed E-state index contributed by atoms with van der Waals surface area (Å²) in [5.41, 5.74) is 0. The van der Waals surface area contributed by atoms with Gasteiger partial charge in [-0.1, -0.05) is 0 Å². The molecular weight excluding hydrogens is 288 g/mol. The first kappa shape index (κ1) is 18.6. The lowest BCUT2D eigenvalue weighted by Crippen LogP contribution is -2.51. The maximum Gasteiger partial charge on any atom is 0.326 e. The number of nitrogens with zero attached hydrogens (tertiary/aromatic N) is 1. The number of esters is 2. The maximum atomic E-state index is 11.9. The van der Waals surface area contributed by atoms with Crippen LogP contribution in [-0.2, 0) is 23.9 Å². The Labute approximate surface area is 120 Å². The third-order valence-corrected chi connectivity index (χ3v) is 2.40. The largest absolute Gasteiger partial charge is 0.480 e. The fraction of sp³-hybridized carbons (Fsp3) is 0.636. The van der Waals surface area contributed by atoms with Crippen LogP contribution in [0.15, 0.2) is 0 Å². The van der Waals surface area contributed by atoms with Crippen molar-refractivity contribution in [3.05, 3.63) is 0 Å². The predicted octanol–water partition coefficient (Wildman–Crippen LogP) is -1.82. The van der Waals surface area contributed by atoms with Crippen molar-refractivity contribution in [2.45, 2.75) is 12.5 Å². The lowest BCUT2D eigenvalue weighted by atomic mass is 10.2. The molecule has 0 aromatic heterocycles. The first-order valence-corrected chi connectivity index (χ1v) is 5.88. The summed E-state index contributed by atoms with van der Waals surface area (Å²) in [5, 5.41) is 19.7. The fourth-order valence-electron chi connectivity index (χ4n) is 1.27. The topological polar surface area (TPSA) is 142 Å². The van der Waals surface area contributed by atoms with Crippen LogP contribution in [0.1, 0.15) is 6.42 Å². The summed E-state index contributed by atoms with van der Waals surface area (Å²) < 4.78 is 8.75. The van der Waals surface area contributed by atoms with E-state index in [1.165, 1.54) is 0 Å². The van der Waals surface area contributed by atoms with E-state index in [1.54, 1.807) is 0 Å². The van der Waals surface area contributed by atoms with Gasteiger partial charge in [-0.05, 0) is 0 Å². The van der Waals surface area contributed by atoms with E-state index in [4.69, 9.17) is 10.2 Å². The van der Waals surface area contributed by atoms with Gasteiger partial charge in [-0.25, -0.2) is 9.59 Å². The molecule has 0 saturated carbocycles. The van der Waals surface area contributed by atoms with Gasteiger partial charge >= 0.3 is 23.9 Å². The van der Waals surface area contributed by atoms with Crippen LogP contribution in [0.25, 0.3) is 0 Å². The number of aliphatic hydroxyl groups excluding tert-OH is 1. The average molecular weight is 306 g/mol. The van der Waals surface area contributed by atoms with Crippen LogP contribution in [0, 0.1) is 0 Å². The molecule has 0 aliphatic rings. The van der Waals surface area contributed by atoms with Gasteiger partial charge in [0, 0.05) is 13.0 Å². The van der Waals surface area contributed by atoms with E-state index in [2.05, 4.69) is 14.8 Å². The summed E-state index contributed by atoms with van der Waals surface area (Å²) in [6.07, 6.45) is -0.217. The normalized spacial score (nSPS) is 11.2. The Morgan fingerprint density at radius 3 is 1.90 bits per heavy atom. The number of nitrogens with one attached hydrogen (secondary N) is 1. The Morgan fingerprint density at radius 1 is 1.10 bits per heavy atom. The molecule has 0 fully saturated rings. The van der Waals surface area contributed by atoms with E-state index < -0.39 is 49.7 Å². The molecule has 10 heteroatoms. The molecule has 0 aromatic carbocycles. The molecule has 0 unspecified atom stereocenters. The zero-order valence-electron chi connectivity index (χ0n) is 11.7. The molecule has 0 spiro atoms. The van der Waals surface area contributed by atoms with Crippen molar-refractivity contribution in [2.24, 2.45) is 0 Å². The van der Waals surface area contributed by atoms with Gasteiger partial charge in [0.05, 0.1) is 14.2 Å². The molecule has 0 aliphatic heterocycles. The summed E-state index contributed by atoms with van der Waals surface area (Å²) in [7, 11) is 2.20. The van der Waals surface area contributed by atoms with Crippen LogP contribution in [0.3, 0.4) is 0 Å². The van der Waals surface area contributed by atoms with E-state index in [1.807, 2.05) is 0 Å². The molecule has 1 atom stereocenters. The maximum absolute atomic E-state index is 11.9. The molecule has 21 heavy (non-hydrogen) atoms. The van der Waals surface area contributed by atoms with E-state index in [-0.39, 0.29) is 6.42 Å². The van der Waals surface area contributed by atoms with Crippen molar-refractivity contribution in [1.29, 1.82) is 0 Å². The number of amides is 2. The van der Waals surface area contributed by atoms with Gasteiger partial charge in [-0.2, -0.15) is 0 Å². The number of carboxylic acid groups (broad SMARTS) is 1. The predicted molar refractivity (Wildman–Crippen MR) is 67.3 cm³/mol. The molecule has 120 valence electrons. The average Bonchev–Trinajstić information content (AvgIpc) is 2.45. The molecule has 3 N–H and O–H groups in total. The van der Waals surface area contributed by atoms with Crippen molar-refractivity contribution >= 4 is 23.9 Å². The highest BCUT2D eigenvalue weighted by Crippen LogP contribution is 1.98. The molecule has 2 amide bonds. The van der Waals surface area contributed by atoms with E-state index in [9.17, 15) is 19.2 Å². The van der Waals surface area contributed by atoms with E-state index in [0.717, 1.165) is 19.1 Å². The third-order valence-electron chi connectivity index (χ3n) is 2.40. The third kappa shape index (κ3) is 7.11. The number of rotatable bonds is 8. The van der Waals surface area contributed by atoms with Crippen molar-refractivity contribution < 1.29 is 38.9 Å². The molecular formula is C11H18N2O8. The monoisotopic (exact) mass is 306 g/mol. The Morgan fingerprint density at radius 2 is 1.57 bits per heavy atom. The van der Waals surface area contributed by atoms with Gasteiger partial charge in [0.15, 0.2) is 0 Å². The number of hydrogen-bond donors (Lipinski definition) is 3. The number of urea groups is 1. The summed E-state index contributed by atoms with van der Waals surface area (Å²) in [5.74, 6) is -2.93. The van der Waals surface area contributed by atoms with Gasteiger partial charge < -0.3 is 29.9 Å². The highest BCUT2D eigenvalue weighted by atomic mass is 16.5. The molecule has 0 heterocycles. The molecule has 0 radical (unpaired) electrons. The van der Waals surface area contributed by atoms with Crippen LogP contribution in [0.5, 0.6) is 0 Å². The summed E-state index contributed by atoms with van der Waals surface area (Å²) in [6.45, 7) is -1.56. The molecule has 0 bridgehead atoms. The number of carbonyl (C=O) groups is 4. The Balaban J connectivity index is 4.86. The first-order valence-electron chi connectivity index (χ1n) is 5.88. The van der Waals surface area contributed by atoms with Gasteiger partial charge in [0.25, 0.3) is 0 Å². The Hall–Kier alpha value is -2.36. The highest BCUT2D eigenvalue weighted by molar-refractivity contribution is 5.87. The van der Waals surface area contributed by atoms with Gasteiger partial charge in [-0.15, -0.1) is 0 Å². The zero-order chi connectivity index (χ0) is 16.4. The number of hydrogen-bond acceptors (Lipinski definition) is 7. The van der Waals surface area contributed by atoms with Crippen molar-refractivity contribution in [2.75, 3.05) is 33.9 Å². The number of aliphatic hydroxyl groups is 1. The second-order valence-electron chi connectivity index (χ2n) is 3.86.